The van der Waals surface area contributed by atoms with E-state index in [1.54, 1.807) is 6.20 Å². The smallest absolute Gasteiger partial charge is 0.169 e. The number of anilines is 1. The van der Waals surface area contributed by atoms with E-state index in [4.69, 9.17) is 0 Å². The van der Waals surface area contributed by atoms with Gasteiger partial charge in [0.25, 0.3) is 0 Å². The van der Waals surface area contributed by atoms with Gasteiger partial charge < -0.3 is 5.32 Å². The lowest BCUT2D eigenvalue weighted by Gasteiger charge is -2.38. The van der Waals surface area contributed by atoms with Crippen LogP contribution in [0.25, 0.3) is 0 Å². The SMILES string of the molecule is CC1(C)CC(c2ccccc2)Nc2c(C(=O)CC3(c4ccccc4)CCCC3)cnn21. The molecule has 1 fully saturated rings. The standard InChI is InChI=1S/C27H31N3O/c1-26(2)17-23(20-11-5-3-6-12-20)29-25-22(19-28-30(25)26)24(31)18-27(15-9-10-16-27)21-13-7-4-8-14-21/h3-8,11-14,19,23,29H,9-10,15-18H2,1-2H3. The van der Waals surface area contributed by atoms with Gasteiger partial charge in [0.15, 0.2) is 5.78 Å². The van der Waals surface area contributed by atoms with Gasteiger partial charge in [-0.2, -0.15) is 5.10 Å². The van der Waals surface area contributed by atoms with E-state index in [1.165, 1.54) is 24.0 Å². The van der Waals surface area contributed by atoms with Gasteiger partial charge in [0.05, 0.1) is 23.3 Å². The molecule has 1 atom stereocenters. The first kappa shape index (κ1) is 20.0. The predicted molar refractivity (Wildman–Crippen MR) is 125 cm³/mol. The number of nitrogens with one attached hydrogen (secondary N) is 1. The van der Waals surface area contributed by atoms with Crippen molar-refractivity contribution in [2.45, 2.75) is 69.4 Å². The first-order valence-electron chi connectivity index (χ1n) is 11.5. The molecule has 5 rings (SSSR count). The van der Waals surface area contributed by atoms with Gasteiger partial charge in [-0.25, -0.2) is 4.68 Å². The maximum atomic E-state index is 13.7. The van der Waals surface area contributed by atoms with Crippen LogP contribution in [0, 0.1) is 0 Å². The highest BCUT2D eigenvalue weighted by Gasteiger charge is 2.40. The maximum absolute atomic E-state index is 13.7. The fourth-order valence-corrected chi connectivity index (χ4v) is 5.65. The number of nitrogens with zero attached hydrogens (tertiary/aromatic N) is 2. The summed E-state index contributed by atoms with van der Waals surface area (Å²) in [6.07, 6.45) is 7.80. The molecular formula is C27H31N3O. The third kappa shape index (κ3) is 3.58. The van der Waals surface area contributed by atoms with Crippen molar-refractivity contribution in [1.29, 1.82) is 0 Å². The molecule has 2 aromatic carbocycles. The maximum Gasteiger partial charge on any atom is 0.169 e. The van der Waals surface area contributed by atoms with Crippen molar-refractivity contribution in [2.24, 2.45) is 0 Å². The molecule has 4 heteroatoms. The summed E-state index contributed by atoms with van der Waals surface area (Å²) in [6, 6.07) is 21.3. The number of fused-ring (bicyclic) bond motifs is 1. The van der Waals surface area contributed by atoms with Crippen LogP contribution in [0.4, 0.5) is 5.82 Å². The molecule has 1 N–H and O–H groups in total. The van der Waals surface area contributed by atoms with E-state index in [9.17, 15) is 4.79 Å². The first-order valence-corrected chi connectivity index (χ1v) is 11.5. The lowest BCUT2D eigenvalue weighted by molar-refractivity contribution is 0.0950. The highest BCUT2D eigenvalue weighted by Crippen LogP contribution is 2.46. The lowest BCUT2D eigenvalue weighted by Crippen LogP contribution is -2.38. The number of ketones is 1. The van der Waals surface area contributed by atoms with Crippen molar-refractivity contribution >= 4 is 11.6 Å². The zero-order valence-electron chi connectivity index (χ0n) is 18.5. The van der Waals surface area contributed by atoms with E-state index >= 15 is 0 Å². The van der Waals surface area contributed by atoms with Crippen LogP contribution in [-0.2, 0) is 11.0 Å². The first-order chi connectivity index (χ1) is 15.0. The predicted octanol–water partition coefficient (Wildman–Crippen LogP) is 6.26. The van der Waals surface area contributed by atoms with Gasteiger partial charge in [0, 0.05) is 11.8 Å². The highest BCUT2D eigenvalue weighted by atomic mass is 16.1. The van der Waals surface area contributed by atoms with Crippen molar-refractivity contribution in [1.82, 2.24) is 9.78 Å². The molecule has 31 heavy (non-hydrogen) atoms. The quantitative estimate of drug-likeness (QED) is 0.502. The summed E-state index contributed by atoms with van der Waals surface area (Å²) in [5.41, 5.74) is 3.08. The second-order valence-electron chi connectivity index (χ2n) is 9.90. The van der Waals surface area contributed by atoms with Crippen molar-refractivity contribution in [3.8, 4) is 0 Å². The molecule has 2 heterocycles. The van der Waals surface area contributed by atoms with E-state index in [2.05, 4.69) is 78.9 Å². The molecule has 1 aliphatic heterocycles. The Bertz CT molecular complexity index is 1060. The Morgan fingerprint density at radius 1 is 1.03 bits per heavy atom. The van der Waals surface area contributed by atoms with Crippen molar-refractivity contribution in [2.75, 3.05) is 5.32 Å². The van der Waals surface area contributed by atoms with E-state index < -0.39 is 0 Å². The number of aromatic nitrogens is 2. The Kier molecular flexibility index (Phi) is 4.96. The van der Waals surface area contributed by atoms with Gasteiger partial charge in [-0.15, -0.1) is 0 Å². The van der Waals surface area contributed by atoms with Crippen LogP contribution in [0.2, 0.25) is 0 Å². The average molecular weight is 414 g/mol. The zero-order chi connectivity index (χ0) is 21.5. The van der Waals surface area contributed by atoms with Crippen molar-refractivity contribution in [3.05, 3.63) is 83.6 Å². The van der Waals surface area contributed by atoms with Gasteiger partial charge >= 0.3 is 0 Å². The summed E-state index contributed by atoms with van der Waals surface area (Å²) < 4.78 is 2.02. The van der Waals surface area contributed by atoms with E-state index in [1.807, 2.05) is 10.7 Å². The summed E-state index contributed by atoms with van der Waals surface area (Å²) in [6.45, 7) is 4.41. The Balaban J connectivity index is 1.47. The highest BCUT2D eigenvalue weighted by molar-refractivity contribution is 6.01. The molecule has 0 spiro atoms. The second-order valence-corrected chi connectivity index (χ2v) is 9.90. The number of hydrogen-bond donors (Lipinski definition) is 1. The molecule has 4 nitrogen and oxygen atoms in total. The Morgan fingerprint density at radius 3 is 2.35 bits per heavy atom. The monoisotopic (exact) mass is 413 g/mol. The zero-order valence-corrected chi connectivity index (χ0v) is 18.5. The summed E-state index contributed by atoms with van der Waals surface area (Å²) in [4.78, 5) is 13.7. The average Bonchev–Trinajstić information content (AvgIpc) is 3.43. The number of Topliss-reactive ketones (excluding diaryl/α,β-unsaturated/α-hetero) is 1. The molecule has 0 bridgehead atoms. The number of rotatable bonds is 5. The topological polar surface area (TPSA) is 46.9 Å². The third-order valence-corrected chi connectivity index (χ3v) is 7.31. The number of benzene rings is 2. The summed E-state index contributed by atoms with van der Waals surface area (Å²) in [7, 11) is 0. The number of hydrogen-bond acceptors (Lipinski definition) is 3. The summed E-state index contributed by atoms with van der Waals surface area (Å²) in [5, 5.41) is 8.32. The van der Waals surface area contributed by atoms with Gasteiger partial charge in [-0.3, -0.25) is 4.79 Å². The van der Waals surface area contributed by atoms with E-state index in [0.29, 0.717) is 6.42 Å². The molecule has 0 amide bonds. The fraction of sp³-hybridized carbons (Fsp3) is 0.407. The molecular weight excluding hydrogens is 382 g/mol. The number of carbonyl (C=O) groups excluding carboxylic acids is 1. The molecule has 3 aromatic rings. The largest absolute Gasteiger partial charge is 0.363 e. The van der Waals surface area contributed by atoms with Gasteiger partial charge in [-0.05, 0) is 44.2 Å². The van der Waals surface area contributed by atoms with Crippen LogP contribution in [0.5, 0.6) is 0 Å². The van der Waals surface area contributed by atoms with Gasteiger partial charge in [0.1, 0.15) is 5.82 Å². The number of carbonyl (C=O) groups is 1. The minimum absolute atomic E-state index is 0.0455. The Morgan fingerprint density at radius 2 is 1.68 bits per heavy atom. The van der Waals surface area contributed by atoms with E-state index in [0.717, 1.165) is 30.6 Å². The molecule has 160 valence electrons. The van der Waals surface area contributed by atoms with Crippen LogP contribution in [0.1, 0.15) is 79.9 Å². The summed E-state index contributed by atoms with van der Waals surface area (Å²) in [5.74, 6) is 1.07. The van der Waals surface area contributed by atoms with Crippen LogP contribution in [0.3, 0.4) is 0 Å². The Hall–Kier alpha value is -2.88. The van der Waals surface area contributed by atoms with Crippen LogP contribution in [0.15, 0.2) is 66.9 Å². The Labute approximate surface area is 184 Å². The van der Waals surface area contributed by atoms with Crippen LogP contribution in [-0.4, -0.2) is 15.6 Å². The molecule has 1 unspecified atom stereocenters. The third-order valence-electron chi connectivity index (χ3n) is 7.31. The van der Waals surface area contributed by atoms with Gasteiger partial charge in [-0.1, -0.05) is 73.5 Å². The molecule has 0 saturated heterocycles. The van der Waals surface area contributed by atoms with Crippen molar-refractivity contribution < 1.29 is 4.79 Å². The molecule has 2 aliphatic rings. The van der Waals surface area contributed by atoms with Crippen molar-refractivity contribution in [3.63, 3.8) is 0 Å². The summed E-state index contributed by atoms with van der Waals surface area (Å²) >= 11 is 0. The fourth-order valence-electron chi connectivity index (χ4n) is 5.65. The van der Waals surface area contributed by atoms with Crippen LogP contribution >= 0.6 is 0 Å². The normalized spacial score (nSPS) is 21.3. The minimum atomic E-state index is -0.163. The minimum Gasteiger partial charge on any atom is -0.363 e. The van der Waals surface area contributed by atoms with Crippen LogP contribution < -0.4 is 5.32 Å². The lowest BCUT2D eigenvalue weighted by atomic mass is 9.74. The molecule has 1 aliphatic carbocycles. The van der Waals surface area contributed by atoms with E-state index in [-0.39, 0.29) is 22.8 Å². The second kappa shape index (κ2) is 7.67. The molecule has 1 aromatic heterocycles. The molecule has 0 radical (unpaired) electrons. The van der Waals surface area contributed by atoms with Gasteiger partial charge in [0.2, 0.25) is 0 Å². The molecule has 1 saturated carbocycles.